The predicted octanol–water partition coefficient (Wildman–Crippen LogP) is 3.58. The van der Waals surface area contributed by atoms with Crippen LogP contribution in [0.15, 0.2) is 46.9 Å². The van der Waals surface area contributed by atoms with Gasteiger partial charge in [0.05, 0.1) is 19.1 Å². The van der Waals surface area contributed by atoms with E-state index in [2.05, 4.69) is 9.47 Å². The highest BCUT2D eigenvalue weighted by molar-refractivity contribution is 8.26. The van der Waals surface area contributed by atoms with Crippen LogP contribution in [-0.2, 0) is 14.3 Å². The Morgan fingerprint density at radius 1 is 1.15 bits per heavy atom. The number of rotatable bonds is 3. The van der Waals surface area contributed by atoms with E-state index in [9.17, 15) is 14.4 Å². The second kappa shape index (κ2) is 8.63. The lowest BCUT2D eigenvalue weighted by Crippen LogP contribution is -2.52. The number of hydrogen-bond donors (Lipinski definition) is 0. The molecule has 0 bridgehead atoms. The molecule has 9 heteroatoms. The average Bonchev–Trinajstić information content (AvgIpc) is 2.89. The highest BCUT2D eigenvalue weighted by Gasteiger charge is 2.43. The van der Waals surface area contributed by atoms with Crippen molar-refractivity contribution in [1.82, 2.24) is 10.0 Å². The first-order valence-corrected chi connectivity index (χ1v) is 8.58. The summed E-state index contributed by atoms with van der Waals surface area (Å²) in [4.78, 5) is 36.7. The van der Waals surface area contributed by atoms with Crippen LogP contribution >= 0.6 is 24.0 Å². The molecule has 3 amide bonds. The molecular formula is C17H16N2O5S2. The van der Waals surface area contributed by atoms with Crippen molar-refractivity contribution in [3.63, 3.8) is 0 Å². The third kappa shape index (κ3) is 4.30. The fourth-order valence-electron chi connectivity index (χ4n) is 2.10. The van der Waals surface area contributed by atoms with Gasteiger partial charge in [-0.2, -0.15) is 5.01 Å². The van der Waals surface area contributed by atoms with Crippen LogP contribution in [0.4, 0.5) is 9.59 Å². The predicted molar refractivity (Wildman–Crippen MR) is 102 cm³/mol. The number of carbonyl (C=O) groups excluding carboxylic acids is 3. The summed E-state index contributed by atoms with van der Waals surface area (Å²) >= 11 is 6.11. The number of hydrazine groups is 1. The summed E-state index contributed by atoms with van der Waals surface area (Å²) in [5.41, 5.74) is 1.78. The Kier molecular flexibility index (Phi) is 6.53. The topological polar surface area (TPSA) is 76.2 Å². The number of ether oxygens (including phenoxy) is 2. The zero-order chi connectivity index (χ0) is 19.3. The van der Waals surface area contributed by atoms with E-state index in [0.29, 0.717) is 5.01 Å². The molecule has 136 valence electrons. The van der Waals surface area contributed by atoms with Crippen molar-refractivity contribution >= 4 is 52.5 Å². The molecule has 1 heterocycles. The summed E-state index contributed by atoms with van der Waals surface area (Å²) < 4.78 is 9.08. The van der Waals surface area contributed by atoms with Crippen LogP contribution in [-0.4, -0.2) is 46.7 Å². The maximum atomic E-state index is 12.7. The number of allylic oxidation sites excluding steroid dienone is 2. The van der Waals surface area contributed by atoms with Gasteiger partial charge in [0.25, 0.3) is 5.91 Å². The highest BCUT2D eigenvalue weighted by atomic mass is 32.2. The van der Waals surface area contributed by atoms with E-state index in [-0.39, 0.29) is 9.23 Å². The molecule has 0 spiro atoms. The Balaban J connectivity index is 2.31. The maximum Gasteiger partial charge on any atom is 0.439 e. The summed E-state index contributed by atoms with van der Waals surface area (Å²) in [5.74, 6) is -0.614. The molecule has 0 atom stereocenters. The van der Waals surface area contributed by atoms with Crippen molar-refractivity contribution in [2.75, 3.05) is 14.2 Å². The first-order valence-electron chi connectivity index (χ1n) is 7.36. The molecular weight excluding hydrogens is 376 g/mol. The molecule has 0 N–H and O–H groups in total. The van der Waals surface area contributed by atoms with E-state index in [1.54, 1.807) is 6.08 Å². The maximum absolute atomic E-state index is 12.7. The van der Waals surface area contributed by atoms with Crippen LogP contribution in [0.5, 0.6) is 0 Å². The Morgan fingerprint density at radius 2 is 1.73 bits per heavy atom. The van der Waals surface area contributed by atoms with Gasteiger partial charge in [0.2, 0.25) is 0 Å². The molecule has 7 nitrogen and oxygen atoms in total. The molecule has 1 saturated heterocycles. The van der Waals surface area contributed by atoms with Crippen molar-refractivity contribution in [3.05, 3.63) is 52.4 Å². The summed E-state index contributed by atoms with van der Waals surface area (Å²) in [5, 5.41) is 1.19. The second-order valence-electron chi connectivity index (χ2n) is 5.04. The van der Waals surface area contributed by atoms with Crippen molar-refractivity contribution in [2.45, 2.75) is 6.92 Å². The number of thioether (sulfide) groups is 1. The van der Waals surface area contributed by atoms with Crippen LogP contribution in [0.1, 0.15) is 12.5 Å². The number of thiocarbonyl (C=S) groups is 1. The summed E-state index contributed by atoms with van der Waals surface area (Å²) in [6, 6.07) is 9.58. The number of nitrogens with zero attached hydrogens (tertiary/aromatic N) is 2. The van der Waals surface area contributed by atoms with Gasteiger partial charge in [-0.1, -0.05) is 48.2 Å². The molecule has 1 fully saturated rings. The van der Waals surface area contributed by atoms with Crippen molar-refractivity contribution < 1.29 is 23.9 Å². The molecule has 0 aliphatic carbocycles. The number of benzene rings is 1. The molecule has 0 unspecified atom stereocenters. The number of carbonyl (C=O) groups is 3. The van der Waals surface area contributed by atoms with E-state index in [4.69, 9.17) is 12.2 Å². The largest absolute Gasteiger partial charge is 0.451 e. The SMILES string of the molecule is COC(=O)N(C(=O)OC)N1C(=O)/C(=C/C(C)=C/c2ccccc2)SC1=S. The quantitative estimate of drug-likeness (QED) is 0.575. The van der Waals surface area contributed by atoms with Crippen molar-refractivity contribution in [3.8, 4) is 0 Å². The molecule has 0 aromatic heterocycles. The van der Waals surface area contributed by atoms with Crippen molar-refractivity contribution in [1.29, 1.82) is 0 Å². The Bertz CT molecular complexity index is 789. The summed E-state index contributed by atoms with van der Waals surface area (Å²) in [6.07, 6.45) is 1.38. The fraction of sp³-hybridized carbons (Fsp3) is 0.176. The summed E-state index contributed by atoms with van der Waals surface area (Å²) in [7, 11) is 2.16. The Labute approximate surface area is 160 Å². The highest BCUT2D eigenvalue weighted by Crippen LogP contribution is 2.33. The summed E-state index contributed by atoms with van der Waals surface area (Å²) in [6.45, 7) is 1.83. The monoisotopic (exact) mass is 392 g/mol. The molecule has 1 aromatic rings. The molecule has 1 aliphatic rings. The van der Waals surface area contributed by atoms with Gasteiger partial charge in [-0.05, 0) is 36.4 Å². The van der Waals surface area contributed by atoms with Gasteiger partial charge in [0.1, 0.15) is 0 Å². The van der Waals surface area contributed by atoms with Gasteiger partial charge >= 0.3 is 12.2 Å². The van der Waals surface area contributed by atoms with E-state index in [1.807, 2.05) is 43.3 Å². The van der Waals surface area contributed by atoms with Crippen LogP contribution in [0, 0.1) is 0 Å². The lowest BCUT2D eigenvalue weighted by molar-refractivity contribution is -0.130. The van der Waals surface area contributed by atoms with E-state index in [1.165, 1.54) is 0 Å². The van der Waals surface area contributed by atoms with Gasteiger partial charge in [0, 0.05) is 0 Å². The number of amides is 3. The minimum absolute atomic E-state index is 0.0181. The second-order valence-corrected chi connectivity index (χ2v) is 6.72. The molecule has 0 radical (unpaired) electrons. The minimum Gasteiger partial charge on any atom is -0.451 e. The molecule has 1 aromatic carbocycles. The normalized spacial score (nSPS) is 16.0. The van der Waals surface area contributed by atoms with Gasteiger partial charge in [-0.25, -0.2) is 9.59 Å². The Hall–Kier alpha value is -2.65. The zero-order valence-corrected chi connectivity index (χ0v) is 15.9. The van der Waals surface area contributed by atoms with Gasteiger partial charge in [-0.15, -0.1) is 5.01 Å². The third-order valence-electron chi connectivity index (χ3n) is 3.22. The van der Waals surface area contributed by atoms with E-state index < -0.39 is 18.1 Å². The van der Waals surface area contributed by atoms with E-state index in [0.717, 1.165) is 42.1 Å². The van der Waals surface area contributed by atoms with Crippen LogP contribution in [0.3, 0.4) is 0 Å². The lowest BCUT2D eigenvalue weighted by Gasteiger charge is -2.25. The van der Waals surface area contributed by atoms with Crippen LogP contribution in [0.2, 0.25) is 0 Å². The fourth-order valence-corrected chi connectivity index (χ4v) is 3.39. The number of hydrogen-bond acceptors (Lipinski definition) is 7. The smallest absolute Gasteiger partial charge is 0.439 e. The first kappa shape index (κ1) is 19.7. The first-order chi connectivity index (χ1) is 12.4. The van der Waals surface area contributed by atoms with Crippen LogP contribution < -0.4 is 0 Å². The standard InChI is InChI=1S/C17H16N2O5S2/c1-11(9-12-7-5-4-6-8-12)10-13-14(20)18(17(25)26-13)19(15(21)23-2)16(22)24-3/h4-10H,1-3H3/b11-9+,13-10-. The van der Waals surface area contributed by atoms with E-state index >= 15 is 0 Å². The molecule has 1 aliphatic heterocycles. The number of methoxy groups -OCH3 is 2. The van der Waals surface area contributed by atoms with Gasteiger partial charge in [-0.3, -0.25) is 4.79 Å². The molecule has 0 saturated carbocycles. The third-order valence-corrected chi connectivity index (χ3v) is 4.50. The molecule has 26 heavy (non-hydrogen) atoms. The number of imide groups is 1. The Morgan fingerprint density at radius 3 is 2.27 bits per heavy atom. The van der Waals surface area contributed by atoms with Crippen molar-refractivity contribution in [2.24, 2.45) is 0 Å². The zero-order valence-electron chi connectivity index (χ0n) is 14.3. The lowest BCUT2D eigenvalue weighted by atomic mass is 10.1. The van der Waals surface area contributed by atoms with Gasteiger partial charge < -0.3 is 9.47 Å². The minimum atomic E-state index is -1.08. The van der Waals surface area contributed by atoms with Gasteiger partial charge in [0.15, 0.2) is 4.32 Å². The average molecular weight is 392 g/mol. The molecule has 2 rings (SSSR count). The van der Waals surface area contributed by atoms with Crippen LogP contribution in [0.25, 0.3) is 6.08 Å².